The lowest BCUT2D eigenvalue weighted by Crippen LogP contribution is -2.20. The highest BCUT2D eigenvalue weighted by Gasteiger charge is 2.28. The van der Waals surface area contributed by atoms with E-state index in [-0.39, 0.29) is 11.4 Å². The van der Waals surface area contributed by atoms with E-state index in [2.05, 4.69) is 57.2 Å². The third kappa shape index (κ3) is 4.85. The van der Waals surface area contributed by atoms with Gasteiger partial charge in [-0.3, -0.25) is 4.79 Å². The average Bonchev–Trinajstić information content (AvgIpc) is 2.85. The molecule has 0 aliphatic carbocycles. The Bertz CT molecular complexity index is 1350. The van der Waals surface area contributed by atoms with Crippen LogP contribution in [0.1, 0.15) is 43.0 Å². The highest BCUT2D eigenvalue weighted by Crippen LogP contribution is 2.43. The highest BCUT2D eigenvalue weighted by molar-refractivity contribution is 5.79. The van der Waals surface area contributed by atoms with E-state index < -0.39 is 0 Å². The van der Waals surface area contributed by atoms with E-state index in [9.17, 15) is 4.79 Å². The summed E-state index contributed by atoms with van der Waals surface area (Å²) in [6, 6.07) is 29.1. The van der Waals surface area contributed by atoms with Gasteiger partial charge in [-0.1, -0.05) is 86.6 Å². The molecule has 0 radical (unpaired) electrons. The minimum Gasteiger partial charge on any atom is -0.496 e. The maximum absolute atomic E-state index is 11.9. The summed E-state index contributed by atoms with van der Waals surface area (Å²) in [4.78, 5) is 11.9. The maximum atomic E-state index is 11.9. The third-order valence-corrected chi connectivity index (χ3v) is 6.61. The number of carbonyl (C=O) groups excluding carboxylic acids is 1. The number of aryl methyl sites for hydroxylation is 2. The second kappa shape index (κ2) is 9.79. The fraction of sp³-hybridized carbons (Fsp3) is 0.219. The quantitative estimate of drug-likeness (QED) is 0.215. The van der Waals surface area contributed by atoms with E-state index in [0.29, 0.717) is 5.75 Å². The molecule has 0 N–H and O–H groups in total. The van der Waals surface area contributed by atoms with E-state index in [4.69, 9.17) is 9.47 Å². The standard InChI is InChI=1S/C32H32O3/c1-21-17-26(19-28(30(21)34-6)24-13-9-7-10-14-24)32(4,5)27-18-22(2)31(35-23(3)33)29(20-27)25-15-11-8-12-16-25/h7-20H,1-6H3. The van der Waals surface area contributed by atoms with Crippen LogP contribution in [-0.4, -0.2) is 13.1 Å². The van der Waals surface area contributed by atoms with Gasteiger partial charge in [0.2, 0.25) is 0 Å². The van der Waals surface area contributed by atoms with Crippen LogP contribution in [0.2, 0.25) is 0 Å². The zero-order chi connectivity index (χ0) is 25.2. The van der Waals surface area contributed by atoms with E-state index in [0.717, 1.165) is 44.7 Å². The maximum Gasteiger partial charge on any atom is 0.308 e. The van der Waals surface area contributed by atoms with Crippen LogP contribution in [0.4, 0.5) is 0 Å². The molecule has 4 aromatic carbocycles. The van der Waals surface area contributed by atoms with Crippen LogP contribution in [0.5, 0.6) is 11.5 Å². The van der Waals surface area contributed by atoms with Gasteiger partial charge in [-0.15, -0.1) is 0 Å². The Morgan fingerprint density at radius 3 is 1.54 bits per heavy atom. The van der Waals surface area contributed by atoms with Crippen molar-refractivity contribution in [3.8, 4) is 33.8 Å². The van der Waals surface area contributed by atoms with E-state index in [1.165, 1.54) is 12.5 Å². The van der Waals surface area contributed by atoms with Gasteiger partial charge in [0.05, 0.1) is 7.11 Å². The predicted molar refractivity (Wildman–Crippen MR) is 143 cm³/mol. The zero-order valence-electron chi connectivity index (χ0n) is 21.3. The lowest BCUT2D eigenvalue weighted by molar-refractivity contribution is -0.131. The van der Waals surface area contributed by atoms with Crippen LogP contribution in [0.3, 0.4) is 0 Å². The Morgan fingerprint density at radius 1 is 0.686 bits per heavy atom. The number of ether oxygens (including phenoxy) is 2. The van der Waals surface area contributed by atoms with Gasteiger partial charge in [0.25, 0.3) is 0 Å². The number of rotatable bonds is 6. The Morgan fingerprint density at radius 2 is 1.11 bits per heavy atom. The van der Waals surface area contributed by atoms with Crippen LogP contribution in [0.15, 0.2) is 84.9 Å². The number of esters is 1. The predicted octanol–water partition coefficient (Wildman–Crippen LogP) is 7.90. The molecule has 0 heterocycles. The van der Waals surface area contributed by atoms with Gasteiger partial charge < -0.3 is 9.47 Å². The highest BCUT2D eigenvalue weighted by atomic mass is 16.5. The molecule has 3 heteroatoms. The fourth-order valence-corrected chi connectivity index (χ4v) is 4.65. The van der Waals surface area contributed by atoms with Crippen molar-refractivity contribution in [2.75, 3.05) is 7.11 Å². The van der Waals surface area contributed by atoms with Gasteiger partial charge in [0.15, 0.2) is 0 Å². The average molecular weight is 465 g/mol. The molecule has 0 aromatic heterocycles. The summed E-state index contributed by atoms with van der Waals surface area (Å²) in [5.74, 6) is 1.18. The summed E-state index contributed by atoms with van der Waals surface area (Å²) in [6.45, 7) is 10.0. The summed E-state index contributed by atoms with van der Waals surface area (Å²) in [5.41, 5.74) is 8.17. The first kappa shape index (κ1) is 24.3. The largest absolute Gasteiger partial charge is 0.496 e. The molecule has 0 aliphatic heterocycles. The molecule has 0 saturated heterocycles. The van der Waals surface area contributed by atoms with Crippen LogP contribution in [-0.2, 0) is 10.2 Å². The molecule has 35 heavy (non-hydrogen) atoms. The van der Waals surface area contributed by atoms with Crippen molar-refractivity contribution < 1.29 is 14.3 Å². The van der Waals surface area contributed by atoms with E-state index >= 15 is 0 Å². The van der Waals surface area contributed by atoms with E-state index in [1.54, 1.807) is 7.11 Å². The SMILES string of the molecule is COc1c(C)cc(C(C)(C)c2cc(C)c(OC(C)=O)c(-c3ccccc3)c2)cc1-c1ccccc1. The minimum absolute atomic E-state index is 0.316. The van der Waals surface area contributed by atoms with Gasteiger partial charge in [-0.05, 0) is 59.4 Å². The number of benzene rings is 4. The molecule has 0 saturated carbocycles. The van der Waals surface area contributed by atoms with Crippen molar-refractivity contribution in [1.29, 1.82) is 0 Å². The molecule has 0 bridgehead atoms. The van der Waals surface area contributed by atoms with Gasteiger partial charge >= 0.3 is 5.97 Å². The molecule has 0 atom stereocenters. The van der Waals surface area contributed by atoms with E-state index in [1.807, 2.05) is 55.5 Å². The van der Waals surface area contributed by atoms with Crippen molar-refractivity contribution >= 4 is 5.97 Å². The van der Waals surface area contributed by atoms with Crippen molar-refractivity contribution in [3.63, 3.8) is 0 Å². The molecule has 0 spiro atoms. The molecule has 4 aromatic rings. The normalized spacial score (nSPS) is 11.3. The molecular weight excluding hydrogens is 432 g/mol. The summed E-state index contributed by atoms with van der Waals surface area (Å²) >= 11 is 0. The van der Waals surface area contributed by atoms with Crippen molar-refractivity contribution in [1.82, 2.24) is 0 Å². The first-order valence-corrected chi connectivity index (χ1v) is 11.9. The second-order valence-electron chi connectivity index (χ2n) is 9.49. The van der Waals surface area contributed by atoms with Gasteiger partial charge in [0.1, 0.15) is 11.5 Å². The van der Waals surface area contributed by atoms with Crippen molar-refractivity contribution in [3.05, 3.63) is 107 Å². The van der Waals surface area contributed by atoms with Crippen LogP contribution >= 0.6 is 0 Å². The van der Waals surface area contributed by atoms with Crippen molar-refractivity contribution in [2.24, 2.45) is 0 Å². The molecule has 0 unspecified atom stereocenters. The molecule has 0 fully saturated rings. The lowest BCUT2D eigenvalue weighted by Gasteiger charge is -2.30. The Labute approximate surface area is 208 Å². The second-order valence-corrected chi connectivity index (χ2v) is 9.49. The lowest BCUT2D eigenvalue weighted by atomic mass is 9.75. The number of methoxy groups -OCH3 is 1. The zero-order valence-corrected chi connectivity index (χ0v) is 21.3. The van der Waals surface area contributed by atoms with Crippen molar-refractivity contribution in [2.45, 2.75) is 40.0 Å². The van der Waals surface area contributed by atoms with Gasteiger partial charge in [-0.25, -0.2) is 0 Å². The molecule has 3 nitrogen and oxygen atoms in total. The number of carbonyl (C=O) groups is 1. The Balaban J connectivity index is 1.91. The molecule has 0 amide bonds. The molecule has 178 valence electrons. The Hall–Kier alpha value is -3.85. The van der Waals surface area contributed by atoms with Crippen LogP contribution in [0.25, 0.3) is 22.3 Å². The first-order valence-electron chi connectivity index (χ1n) is 11.9. The summed E-state index contributed by atoms with van der Waals surface area (Å²) in [5, 5.41) is 0. The minimum atomic E-state index is -0.324. The van der Waals surface area contributed by atoms with Crippen LogP contribution < -0.4 is 9.47 Å². The van der Waals surface area contributed by atoms with Gasteiger partial charge in [-0.2, -0.15) is 0 Å². The summed E-state index contributed by atoms with van der Waals surface area (Å²) < 4.78 is 11.5. The Kier molecular flexibility index (Phi) is 6.79. The fourth-order valence-electron chi connectivity index (χ4n) is 4.65. The first-order chi connectivity index (χ1) is 16.7. The third-order valence-electron chi connectivity index (χ3n) is 6.61. The van der Waals surface area contributed by atoms with Gasteiger partial charge in [0, 0.05) is 23.5 Å². The van der Waals surface area contributed by atoms with Crippen LogP contribution in [0, 0.1) is 13.8 Å². The number of hydrogen-bond donors (Lipinski definition) is 0. The molecule has 0 aliphatic rings. The molecule has 4 rings (SSSR count). The number of hydrogen-bond acceptors (Lipinski definition) is 3. The summed E-state index contributed by atoms with van der Waals surface area (Å²) in [7, 11) is 1.73. The smallest absolute Gasteiger partial charge is 0.308 e. The topological polar surface area (TPSA) is 35.5 Å². The monoisotopic (exact) mass is 464 g/mol. The summed E-state index contributed by atoms with van der Waals surface area (Å²) in [6.07, 6.45) is 0. The molecular formula is C32H32O3.